The number of carbonyl (C=O) groups is 1. The molecule has 0 aliphatic carbocycles. The summed E-state index contributed by atoms with van der Waals surface area (Å²) in [6.07, 6.45) is 1.52. The number of aryl methyl sites for hydroxylation is 1. The molecule has 1 aromatic rings. The molecule has 0 fully saturated rings. The van der Waals surface area contributed by atoms with E-state index in [-0.39, 0.29) is 5.97 Å². The molecule has 1 aromatic carbocycles. The van der Waals surface area contributed by atoms with Gasteiger partial charge in [0.05, 0.1) is 6.61 Å². The van der Waals surface area contributed by atoms with Crippen molar-refractivity contribution < 1.29 is 9.53 Å². The first-order valence-electron chi connectivity index (χ1n) is 5.05. The number of benzene rings is 1. The molecule has 0 N–H and O–H groups in total. The third-order valence-electron chi connectivity index (χ3n) is 2.13. The summed E-state index contributed by atoms with van der Waals surface area (Å²) >= 11 is 0. The fourth-order valence-corrected chi connectivity index (χ4v) is 1.26. The summed E-state index contributed by atoms with van der Waals surface area (Å²) in [6, 6.07) is 8.05. The van der Waals surface area contributed by atoms with Crippen molar-refractivity contribution >= 4 is 11.5 Å². The molecule has 0 radical (unpaired) electrons. The average molecular weight is 204 g/mol. The lowest BCUT2D eigenvalue weighted by atomic mass is 10.1. The van der Waals surface area contributed by atoms with Gasteiger partial charge in [0.25, 0.3) is 0 Å². The summed E-state index contributed by atoms with van der Waals surface area (Å²) in [5.41, 5.74) is 3.18. The Morgan fingerprint density at radius 3 is 2.47 bits per heavy atom. The summed E-state index contributed by atoms with van der Waals surface area (Å²) in [4.78, 5) is 11.2. The highest BCUT2D eigenvalue weighted by molar-refractivity contribution is 5.90. The van der Waals surface area contributed by atoms with E-state index in [9.17, 15) is 4.79 Å². The second-order valence-corrected chi connectivity index (χ2v) is 3.45. The van der Waals surface area contributed by atoms with Crippen LogP contribution < -0.4 is 0 Å². The fourth-order valence-electron chi connectivity index (χ4n) is 1.26. The maximum atomic E-state index is 11.2. The Kier molecular flexibility index (Phi) is 4.10. The predicted molar refractivity (Wildman–Crippen MR) is 61.5 cm³/mol. The number of rotatable bonds is 3. The molecular formula is C13H16O2. The molecule has 0 aliphatic heterocycles. The van der Waals surface area contributed by atoms with Crippen molar-refractivity contribution in [1.29, 1.82) is 0 Å². The zero-order valence-electron chi connectivity index (χ0n) is 9.41. The maximum absolute atomic E-state index is 11.2. The Labute approximate surface area is 90.6 Å². The van der Waals surface area contributed by atoms with Gasteiger partial charge in [-0.15, -0.1) is 0 Å². The van der Waals surface area contributed by atoms with Gasteiger partial charge in [-0.1, -0.05) is 29.8 Å². The van der Waals surface area contributed by atoms with Crippen molar-refractivity contribution in [3.8, 4) is 0 Å². The Bertz CT molecular complexity index is 361. The van der Waals surface area contributed by atoms with Crippen LogP contribution in [0.1, 0.15) is 25.0 Å². The van der Waals surface area contributed by atoms with Gasteiger partial charge in [0.15, 0.2) is 0 Å². The van der Waals surface area contributed by atoms with Crippen LogP contribution in [0.15, 0.2) is 30.3 Å². The molecule has 0 saturated carbocycles. The van der Waals surface area contributed by atoms with E-state index in [0.29, 0.717) is 6.61 Å². The molecule has 0 amide bonds. The minimum absolute atomic E-state index is 0.282. The summed E-state index contributed by atoms with van der Waals surface area (Å²) in [5, 5.41) is 0. The highest BCUT2D eigenvalue weighted by atomic mass is 16.5. The molecule has 0 heterocycles. The van der Waals surface area contributed by atoms with Gasteiger partial charge in [-0.3, -0.25) is 0 Å². The van der Waals surface area contributed by atoms with E-state index >= 15 is 0 Å². The summed E-state index contributed by atoms with van der Waals surface area (Å²) in [7, 11) is 0. The van der Waals surface area contributed by atoms with Crippen LogP contribution in [0.4, 0.5) is 0 Å². The second-order valence-electron chi connectivity index (χ2n) is 3.45. The minimum atomic E-state index is -0.282. The standard InChI is InChI=1S/C13H16O2/c1-4-15-13(14)9-11(3)12-7-5-10(2)6-8-12/h5-9H,4H2,1-3H3/b11-9-. The second kappa shape index (κ2) is 5.35. The number of hydrogen-bond acceptors (Lipinski definition) is 2. The molecule has 0 aliphatic rings. The van der Waals surface area contributed by atoms with Crippen molar-refractivity contribution in [3.63, 3.8) is 0 Å². The molecule has 80 valence electrons. The number of hydrogen-bond donors (Lipinski definition) is 0. The first-order chi connectivity index (χ1) is 7.13. The summed E-state index contributed by atoms with van der Waals surface area (Å²) in [5.74, 6) is -0.282. The van der Waals surface area contributed by atoms with Crippen LogP contribution in [-0.4, -0.2) is 12.6 Å². The van der Waals surface area contributed by atoms with Gasteiger partial charge in [0, 0.05) is 6.08 Å². The molecule has 15 heavy (non-hydrogen) atoms. The van der Waals surface area contributed by atoms with Crippen LogP contribution in [0.3, 0.4) is 0 Å². The van der Waals surface area contributed by atoms with Crippen LogP contribution in [-0.2, 0) is 9.53 Å². The van der Waals surface area contributed by atoms with E-state index in [0.717, 1.165) is 11.1 Å². The Morgan fingerprint density at radius 2 is 1.93 bits per heavy atom. The first-order valence-corrected chi connectivity index (χ1v) is 5.05. The highest BCUT2D eigenvalue weighted by Gasteiger charge is 2.00. The number of allylic oxidation sites excluding steroid dienone is 1. The van der Waals surface area contributed by atoms with E-state index in [2.05, 4.69) is 0 Å². The zero-order chi connectivity index (χ0) is 11.3. The molecule has 1 rings (SSSR count). The Balaban J connectivity index is 2.79. The average Bonchev–Trinajstić information content (AvgIpc) is 2.18. The van der Waals surface area contributed by atoms with Crippen LogP contribution in [0.5, 0.6) is 0 Å². The largest absolute Gasteiger partial charge is 0.463 e. The van der Waals surface area contributed by atoms with Crippen LogP contribution >= 0.6 is 0 Å². The topological polar surface area (TPSA) is 26.3 Å². The lowest BCUT2D eigenvalue weighted by Gasteiger charge is -2.02. The van der Waals surface area contributed by atoms with E-state index < -0.39 is 0 Å². The molecule has 0 spiro atoms. The van der Waals surface area contributed by atoms with Crippen LogP contribution in [0, 0.1) is 6.92 Å². The van der Waals surface area contributed by atoms with Gasteiger partial charge in [0.2, 0.25) is 0 Å². The maximum Gasteiger partial charge on any atom is 0.331 e. The van der Waals surface area contributed by atoms with Gasteiger partial charge in [-0.05, 0) is 31.9 Å². The fraction of sp³-hybridized carbons (Fsp3) is 0.308. The monoisotopic (exact) mass is 204 g/mol. The summed E-state index contributed by atoms with van der Waals surface area (Å²) in [6.45, 7) is 6.15. The molecule has 0 unspecified atom stereocenters. The van der Waals surface area contributed by atoms with E-state index in [1.54, 1.807) is 6.92 Å². The van der Waals surface area contributed by atoms with Crippen LogP contribution in [0.25, 0.3) is 5.57 Å². The SMILES string of the molecule is CCOC(=O)/C=C(/C)c1ccc(C)cc1. The molecule has 0 atom stereocenters. The zero-order valence-corrected chi connectivity index (χ0v) is 9.41. The first kappa shape index (κ1) is 11.5. The Morgan fingerprint density at radius 1 is 1.33 bits per heavy atom. The lowest BCUT2D eigenvalue weighted by Crippen LogP contribution is -2.00. The molecular weight excluding hydrogens is 188 g/mol. The van der Waals surface area contributed by atoms with E-state index in [1.165, 1.54) is 11.6 Å². The predicted octanol–water partition coefficient (Wildman–Crippen LogP) is 2.96. The highest BCUT2D eigenvalue weighted by Crippen LogP contribution is 2.14. The summed E-state index contributed by atoms with van der Waals surface area (Å²) < 4.78 is 4.84. The van der Waals surface area contributed by atoms with Crippen molar-refractivity contribution in [3.05, 3.63) is 41.5 Å². The lowest BCUT2D eigenvalue weighted by molar-refractivity contribution is -0.137. The third-order valence-corrected chi connectivity index (χ3v) is 2.13. The normalized spacial score (nSPS) is 11.3. The molecule has 2 heteroatoms. The van der Waals surface area contributed by atoms with Gasteiger partial charge in [-0.25, -0.2) is 4.79 Å². The van der Waals surface area contributed by atoms with Crippen molar-refractivity contribution in [2.45, 2.75) is 20.8 Å². The van der Waals surface area contributed by atoms with Gasteiger partial charge in [-0.2, -0.15) is 0 Å². The molecule has 0 aromatic heterocycles. The Hall–Kier alpha value is -1.57. The van der Waals surface area contributed by atoms with E-state index in [1.807, 2.05) is 38.1 Å². The number of carbonyl (C=O) groups excluding carboxylic acids is 1. The molecule has 2 nitrogen and oxygen atoms in total. The van der Waals surface area contributed by atoms with Crippen LogP contribution in [0.2, 0.25) is 0 Å². The molecule has 0 saturated heterocycles. The van der Waals surface area contributed by atoms with Gasteiger partial charge in [0.1, 0.15) is 0 Å². The van der Waals surface area contributed by atoms with Crippen molar-refractivity contribution in [1.82, 2.24) is 0 Å². The number of esters is 1. The smallest absolute Gasteiger partial charge is 0.331 e. The quantitative estimate of drug-likeness (QED) is 0.559. The third kappa shape index (κ3) is 3.58. The van der Waals surface area contributed by atoms with Gasteiger partial charge < -0.3 is 4.74 Å². The van der Waals surface area contributed by atoms with Gasteiger partial charge >= 0.3 is 5.97 Å². The van der Waals surface area contributed by atoms with Crippen molar-refractivity contribution in [2.24, 2.45) is 0 Å². The van der Waals surface area contributed by atoms with Crippen molar-refractivity contribution in [2.75, 3.05) is 6.61 Å². The molecule has 0 bridgehead atoms. The number of ether oxygens (including phenoxy) is 1. The minimum Gasteiger partial charge on any atom is -0.463 e. The van der Waals surface area contributed by atoms with E-state index in [4.69, 9.17) is 4.74 Å².